The Labute approximate surface area is 75.9 Å². The van der Waals surface area contributed by atoms with Gasteiger partial charge in [0.2, 0.25) is 0 Å². The Kier molecular flexibility index (Phi) is 3.50. The average molecular weight is 178 g/mol. The predicted molar refractivity (Wildman–Crippen MR) is 47.9 cm³/mol. The maximum absolute atomic E-state index is 10.1. The van der Waals surface area contributed by atoms with Crippen molar-refractivity contribution in [3.05, 3.63) is 42.4 Å². The molecule has 0 amide bonds. The van der Waals surface area contributed by atoms with Crippen LogP contribution in [0.15, 0.2) is 36.7 Å². The summed E-state index contributed by atoms with van der Waals surface area (Å²) in [6.07, 6.45) is 4.12. The van der Waals surface area contributed by atoms with Crippen molar-refractivity contribution >= 4 is 5.97 Å². The van der Waals surface area contributed by atoms with Crippen molar-refractivity contribution in [1.29, 1.82) is 0 Å². The maximum atomic E-state index is 10.1. The van der Waals surface area contributed by atoms with Gasteiger partial charge in [0.05, 0.1) is 12.2 Å². The van der Waals surface area contributed by atoms with Gasteiger partial charge in [0.1, 0.15) is 0 Å². The Bertz CT molecular complexity index is 296. The van der Waals surface area contributed by atoms with Crippen LogP contribution in [0.4, 0.5) is 0 Å². The second kappa shape index (κ2) is 4.92. The van der Waals surface area contributed by atoms with Gasteiger partial charge in [0.25, 0.3) is 0 Å². The zero-order chi connectivity index (χ0) is 9.52. The lowest BCUT2D eigenvalue weighted by Gasteiger charge is -1.98. The van der Waals surface area contributed by atoms with Crippen LogP contribution >= 0.6 is 0 Å². The summed E-state index contributed by atoms with van der Waals surface area (Å²) >= 11 is 0. The molecular formula is C9H10N2O2. The van der Waals surface area contributed by atoms with Crippen LogP contribution in [0.25, 0.3) is 0 Å². The minimum absolute atomic E-state index is 0.532. The Morgan fingerprint density at radius 1 is 1.62 bits per heavy atom. The molecular weight excluding hydrogens is 168 g/mol. The number of aliphatic carboxylic acids is 1. The summed E-state index contributed by atoms with van der Waals surface area (Å²) in [6, 6.07) is 5.57. The highest BCUT2D eigenvalue weighted by Crippen LogP contribution is 1.91. The van der Waals surface area contributed by atoms with Crippen LogP contribution < -0.4 is 5.32 Å². The van der Waals surface area contributed by atoms with Crippen LogP contribution in [-0.2, 0) is 11.3 Å². The van der Waals surface area contributed by atoms with Crippen LogP contribution in [0.3, 0.4) is 0 Å². The molecule has 0 bridgehead atoms. The van der Waals surface area contributed by atoms with Crippen LogP contribution in [0.1, 0.15) is 5.69 Å². The summed E-state index contributed by atoms with van der Waals surface area (Å²) < 4.78 is 0. The minimum atomic E-state index is -0.964. The van der Waals surface area contributed by atoms with E-state index in [9.17, 15) is 4.79 Å². The molecule has 13 heavy (non-hydrogen) atoms. The highest BCUT2D eigenvalue weighted by Gasteiger charge is 1.88. The zero-order valence-electron chi connectivity index (χ0n) is 6.97. The molecule has 68 valence electrons. The van der Waals surface area contributed by atoms with Crippen molar-refractivity contribution < 1.29 is 9.90 Å². The molecule has 0 aromatic carbocycles. The van der Waals surface area contributed by atoms with Crippen molar-refractivity contribution in [3.63, 3.8) is 0 Å². The molecule has 0 atom stereocenters. The van der Waals surface area contributed by atoms with Crippen LogP contribution in [0, 0.1) is 0 Å². The van der Waals surface area contributed by atoms with Gasteiger partial charge in [0.15, 0.2) is 0 Å². The van der Waals surface area contributed by atoms with E-state index in [-0.39, 0.29) is 0 Å². The third-order valence-electron chi connectivity index (χ3n) is 1.35. The summed E-state index contributed by atoms with van der Waals surface area (Å²) in [6.45, 7) is 0.532. The van der Waals surface area contributed by atoms with Gasteiger partial charge in [-0.2, -0.15) is 0 Å². The fourth-order valence-electron chi connectivity index (χ4n) is 0.796. The monoisotopic (exact) mass is 178 g/mol. The molecule has 0 aliphatic heterocycles. The Balaban J connectivity index is 2.32. The van der Waals surface area contributed by atoms with Gasteiger partial charge in [-0.1, -0.05) is 6.07 Å². The number of carbonyl (C=O) groups is 1. The first kappa shape index (κ1) is 9.25. The van der Waals surface area contributed by atoms with E-state index >= 15 is 0 Å². The zero-order valence-corrected chi connectivity index (χ0v) is 6.97. The molecule has 0 radical (unpaired) electrons. The predicted octanol–water partition coefficient (Wildman–Crippen LogP) is 0.769. The van der Waals surface area contributed by atoms with Crippen molar-refractivity contribution in [1.82, 2.24) is 10.3 Å². The lowest BCUT2D eigenvalue weighted by Crippen LogP contribution is -2.06. The molecule has 1 aromatic rings. The van der Waals surface area contributed by atoms with Crippen LogP contribution in [0.2, 0.25) is 0 Å². The molecule has 2 N–H and O–H groups in total. The van der Waals surface area contributed by atoms with Gasteiger partial charge in [-0.05, 0) is 12.1 Å². The molecule has 0 saturated heterocycles. The number of hydrogen-bond acceptors (Lipinski definition) is 3. The smallest absolute Gasteiger partial charge is 0.329 e. The van der Waals surface area contributed by atoms with E-state index in [4.69, 9.17) is 5.11 Å². The minimum Gasteiger partial charge on any atom is -0.478 e. The number of pyridine rings is 1. The summed E-state index contributed by atoms with van der Waals surface area (Å²) in [5, 5.41) is 11.1. The van der Waals surface area contributed by atoms with Gasteiger partial charge in [-0.25, -0.2) is 4.79 Å². The first-order valence-corrected chi connectivity index (χ1v) is 3.82. The van der Waals surface area contributed by atoms with Gasteiger partial charge >= 0.3 is 5.97 Å². The first-order valence-electron chi connectivity index (χ1n) is 3.82. The largest absolute Gasteiger partial charge is 0.478 e. The van der Waals surface area contributed by atoms with Crippen LogP contribution in [-0.4, -0.2) is 16.1 Å². The molecule has 0 aliphatic rings. The van der Waals surface area contributed by atoms with Gasteiger partial charge in [-0.3, -0.25) is 4.98 Å². The van der Waals surface area contributed by atoms with Crippen molar-refractivity contribution in [2.45, 2.75) is 6.54 Å². The van der Waals surface area contributed by atoms with Crippen LogP contribution in [0.5, 0.6) is 0 Å². The standard InChI is InChI=1S/C9H10N2O2/c12-9(13)4-6-10-7-8-3-1-2-5-11-8/h1-6,10H,7H2,(H,12,13)/b6-4+. The number of aromatic nitrogens is 1. The molecule has 0 saturated carbocycles. The fraction of sp³-hybridized carbons (Fsp3) is 0.111. The summed E-state index contributed by atoms with van der Waals surface area (Å²) in [5.74, 6) is -0.964. The summed E-state index contributed by atoms with van der Waals surface area (Å²) in [5.41, 5.74) is 0.873. The number of nitrogens with zero attached hydrogens (tertiary/aromatic N) is 1. The maximum Gasteiger partial charge on any atom is 0.329 e. The third-order valence-corrected chi connectivity index (χ3v) is 1.35. The van der Waals surface area contributed by atoms with E-state index in [1.54, 1.807) is 6.20 Å². The van der Waals surface area contributed by atoms with E-state index in [0.717, 1.165) is 11.8 Å². The second-order valence-electron chi connectivity index (χ2n) is 2.37. The lowest BCUT2D eigenvalue weighted by molar-refractivity contribution is -0.131. The summed E-state index contributed by atoms with van der Waals surface area (Å²) in [7, 11) is 0. The summed E-state index contributed by atoms with van der Waals surface area (Å²) in [4.78, 5) is 14.1. The number of rotatable bonds is 4. The molecule has 4 nitrogen and oxygen atoms in total. The highest BCUT2D eigenvalue weighted by atomic mass is 16.4. The average Bonchev–Trinajstić information content (AvgIpc) is 2.14. The SMILES string of the molecule is O=C(O)/C=C/NCc1ccccn1. The third kappa shape index (κ3) is 3.91. The van der Waals surface area contributed by atoms with E-state index in [1.165, 1.54) is 6.20 Å². The molecule has 0 spiro atoms. The van der Waals surface area contributed by atoms with Crippen molar-refractivity contribution in [3.8, 4) is 0 Å². The van der Waals surface area contributed by atoms with E-state index in [2.05, 4.69) is 10.3 Å². The topological polar surface area (TPSA) is 62.2 Å². The number of carboxylic acids is 1. The van der Waals surface area contributed by atoms with E-state index < -0.39 is 5.97 Å². The Hall–Kier alpha value is -1.84. The lowest BCUT2D eigenvalue weighted by atomic mass is 10.3. The molecule has 0 aliphatic carbocycles. The quantitative estimate of drug-likeness (QED) is 0.668. The van der Waals surface area contributed by atoms with Crippen molar-refractivity contribution in [2.75, 3.05) is 0 Å². The number of hydrogen-bond donors (Lipinski definition) is 2. The molecule has 0 fully saturated rings. The second-order valence-corrected chi connectivity index (χ2v) is 2.37. The van der Waals surface area contributed by atoms with Gasteiger partial charge in [-0.15, -0.1) is 0 Å². The Morgan fingerprint density at radius 2 is 2.46 bits per heavy atom. The molecule has 4 heteroatoms. The van der Waals surface area contributed by atoms with E-state index in [0.29, 0.717) is 6.54 Å². The van der Waals surface area contributed by atoms with Crippen molar-refractivity contribution in [2.24, 2.45) is 0 Å². The van der Waals surface area contributed by atoms with Gasteiger partial charge < -0.3 is 10.4 Å². The Morgan fingerprint density at radius 3 is 3.08 bits per heavy atom. The molecule has 1 aromatic heterocycles. The molecule has 1 rings (SSSR count). The highest BCUT2D eigenvalue weighted by molar-refractivity contribution is 5.79. The van der Waals surface area contributed by atoms with E-state index in [1.807, 2.05) is 18.2 Å². The normalized spacial score (nSPS) is 10.2. The fourth-order valence-corrected chi connectivity index (χ4v) is 0.796. The molecule has 1 heterocycles. The number of carboxylic acid groups (broad SMARTS) is 1. The number of nitrogens with one attached hydrogen (secondary N) is 1. The first-order chi connectivity index (χ1) is 6.29. The molecule has 0 unspecified atom stereocenters. The van der Waals surface area contributed by atoms with Gasteiger partial charge in [0, 0.05) is 18.5 Å².